The van der Waals surface area contributed by atoms with Gasteiger partial charge in [0.15, 0.2) is 6.10 Å². The number of pyridine rings is 1. The summed E-state index contributed by atoms with van der Waals surface area (Å²) in [6.07, 6.45) is 2.89. The third-order valence-corrected chi connectivity index (χ3v) is 5.56. The number of nitrogens with zero attached hydrogens (tertiary/aromatic N) is 4. The van der Waals surface area contributed by atoms with Crippen LogP contribution in [-0.2, 0) is 4.74 Å². The van der Waals surface area contributed by atoms with Crippen LogP contribution in [0.3, 0.4) is 0 Å². The van der Waals surface area contributed by atoms with Crippen molar-refractivity contribution in [3.05, 3.63) is 65.4 Å². The number of morpholine rings is 1. The Balaban J connectivity index is 1.40. The molecule has 0 unspecified atom stereocenters. The standard InChI is InChI=1S/C22H21N5O3/c1-13-14(2)24-17-5-3-4-16(19(13)17)22(28)27-10-11-29-18(12-27)21-25-20(26-30-21)15-6-8-23-9-7-15/h3-9,18,24H,10-12H2,1-2H3/t18-/m0/s1. The highest BCUT2D eigenvalue weighted by Gasteiger charge is 2.31. The number of carbonyl (C=O) groups excluding carboxylic acids is 1. The van der Waals surface area contributed by atoms with Crippen molar-refractivity contribution < 1.29 is 14.1 Å². The van der Waals surface area contributed by atoms with E-state index in [2.05, 4.69) is 20.1 Å². The van der Waals surface area contributed by atoms with E-state index in [1.54, 1.807) is 17.3 Å². The van der Waals surface area contributed by atoms with Gasteiger partial charge in [-0.15, -0.1) is 0 Å². The van der Waals surface area contributed by atoms with Crippen LogP contribution in [0.4, 0.5) is 0 Å². The van der Waals surface area contributed by atoms with E-state index >= 15 is 0 Å². The summed E-state index contributed by atoms with van der Waals surface area (Å²) in [5.41, 5.74) is 4.64. The molecular weight excluding hydrogens is 382 g/mol. The van der Waals surface area contributed by atoms with Crippen LogP contribution in [-0.4, -0.2) is 50.6 Å². The normalized spacial score (nSPS) is 16.9. The van der Waals surface area contributed by atoms with E-state index in [4.69, 9.17) is 9.26 Å². The van der Waals surface area contributed by atoms with Crippen LogP contribution in [0, 0.1) is 13.8 Å². The summed E-state index contributed by atoms with van der Waals surface area (Å²) >= 11 is 0. The maximum atomic E-state index is 13.4. The smallest absolute Gasteiger partial charge is 0.257 e. The molecule has 1 aliphatic heterocycles. The maximum absolute atomic E-state index is 13.4. The summed E-state index contributed by atoms with van der Waals surface area (Å²) in [4.78, 5) is 27.0. The second kappa shape index (κ2) is 7.38. The second-order valence-corrected chi connectivity index (χ2v) is 7.41. The fraction of sp³-hybridized carbons (Fsp3) is 0.273. The number of aromatic amines is 1. The highest BCUT2D eigenvalue weighted by Crippen LogP contribution is 2.28. The molecule has 1 aliphatic rings. The number of carbonyl (C=O) groups is 1. The van der Waals surface area contributed by atoms with Gasteiger partial charge in [-0.2, -0.15) is 4.98 Å². The molecule has 0 saturated carbocycles. The van der Waals surface area contributed by atoms with Gasteiger partial charge in [0.05, 0.1) is 13.2 Å². The topological polar surface area (TPSA) is 97.1 Å². The van der Waals surface area contributed by atoms with E-state index < -0.39 is 6.10 Å². The first-order chi connectivity index (χ1) is 14.6. The number of hydrogen-bond acceptors (Lipinski definition) is 6. The van der Waals surface area contributed by atoms with Crippen molar-refractivity contribution in [1.82, 2.24) is 25.0 Å². The van der Waals surface area contributed by atoms with Crippen LogP contribution < -0.4 is 0 Å². The molecule has 5 rings (SSSR count). The Morgan fingerprint density at radius 3 is 2.87 bits per heavy atom. The second-order valence-electron chi connectivity index (χ2n) is 7.41. The minimum atomic E-state index is -0.459. The van der Waals surface area contributed by atoms with E-state index in [1.807, 2.05) is 44.2 Å². The first-order valence-electron chi connectivity index (χ1n) is 9.84. The molecule has 1 amide bonds. The van der Waals surface area contributed by atoms with Crippen LogP contribution in [0.15, 0.2) is 47.2 Å². The van der Waals surface area contributed by atoms with Gasteiger partial charge in [-0.3, -0.25) is 9.78 Å². The van der Waals surface area contributed by atoms with Crippen molar-refractivity contribution >= 4 is 16.8 Å². The summed E-state index contributed by atoms with van der Waals surface area (Å²) in [6, 6.07) is 9.40. The molecule has 0 aliphatic carbocycles. The molecule has 8 heteroatoms. The van der Waals surface area contributed by atoms with Gasteiger partial charge >= 0.3 is 0 Å². The molecule has 0 radical (unpaired) electrons. The maximum Gasteiger partial charge on any atom is 0.257 e. The van der Waals surface area contributed by atoms with Crippen molar-refractivity contribution in [2.75, 3.05) is 19.7 Å². The zero-order chi connectivity index (χ0) is 20.7. The van der Waals surface area contributed by atoms with Gasteiger partial charge in [-0.25, -0.2) is 0 Å². The SMILES string of the molecule is Cc1[nH]c2cccc(C(=O)N3CCO[C@H](c4nc(-c5ccncc5)no4)C3)c2c1C. The number of hydrogen-bond donors (Lipinski definition) is 1. The van der Waals surface area contributed by atoms with Gasteiger partial charge in [0, 0.05) is 46.7 Å². The molecule has 1 atom stereocenters. The molecule has 4 aromatic rings. The summed E-state index contributed by atoms with van der Waals surface area (Å²) in [6.45, 7) is 5.33. The molecule has 0 spiro atoms. The fourth-order valence-corrected chi connectivity index (χ4v) is 3.86. The highest BCUT2D eigenvalue weighted by atomic mass is 16.5. The third-order valence-electron chi connectivity index (χ3n) is 5.56. The molecule has 1 fully saturated rings. The molecule has 3 aromatic heterocycles. The van der Waals surface area contributed by atoms with Crippen molar-refractivity contribution in [1.29, 1.82) is 0 Å². The minimum absolute atomic E-state index is 0.0233. The van der Waals surface area contributed by atoms with Crippen molar-refractivity contribution in [3.8, 4) is 11.4 Å². The average Bonchev–Trinajstić information content (AvgIpc) is 3.39. The zero-order valence-electron chi connectivity index (χ0n) is 16.8. The number of rotatable bonds is 3. The predicted octanol–water partition coefficient (Wildman–Crippen LogP) is 3.44. The summed E-state index contributed by atoms with van der Waals surface area (Å²) in [7, 11) is 0. The van der Waals surface area contributed by atoms with Crippen molar-refractivity contribution in [2.45, 2.75) is 20.0 Å². The number of H-pyrrole nitrogens is 1. The lowest BCUT2D eigenvalue weighted by molar-refractivity contribution is -0.0366. The van der Waals surface area contributed by atoms with Gasteiger partial charge in [0.1, 0.15) is 0 Å². The van der Waals surface area contributed by atoms with Crippen molar-refractivity contribution in [3.63, 3.8) is 0 Å². The molecular formula is C22H21N5O3. The molecule has 4 heterocycles. The van der Waals surface area contributed by atoms with Crippen LogP contribution >= 0.6 is 0 Å². The van der Waals surface area contributed by atoms with E-state index in [9.17, 15) is 4.79 Å². The highest BCUT2D eigenvalue weighted by molar-refractivity contribution is 6.08. The monoisotopic (exact) mass is 403 g/mol. The number of amides is 1. The molecule has 1 aromatic carbocycles. The minimum Gasteiger partial charge on any atom is -0.365 e. The van der Waals surface area contributed by atoms with E-state index in [-0.39, 0.29) is 5.91 Å². The third kappa shape index (κ3) is 3.15. The van der Waals surface area contributed by atoms with Gasteiger partial charge in [-0.1, -0.05) is 11.2 Å². The fourth-order valence-electron chi connectivity index (χ4n) is 3.86. The molecule has 1 N–H and O–H groups in total. The summed E-state index contributed by atoms with van der Waals surface area (Å²) in [5, 5.41) is 5.02. The average molecular weight is 403 g/mol. The number of benzene rings is 1. The Labute approximate surface area is 172 Å². The Kier molecular flexibility index (Phi) is 4.55. The van der Waals surface area contributed by atoms with Crippen LogP contribution in [0.25, 0.3) is 22.3 Å². The Morgan fingerprint density at radius 2 is 2.03 bits per heavy atom. The first kappa shape index (κ1) is 18.5. The number of nitrogens with one attached hydrogen (secondary N) is 1. The first-order valence-corrected chi connectivity index (χ1v) is 9.84. The Morgan fingerprint density at radius 1 is 1.20 bits per heavy atom. The van der Waals surface area contributed by atoms with E-state index in [0.717, 1.165) is 27.7 Å². The lowest BCUT2D eigenvalue weighted by Crippen LogP contribution is -2.42. The number of aryl methyl sites for hydroxylation is 2. The predicted molar refractivity (Wildman–Crippen MR) is 110 cm³/mol. The van der Waals surface area contributed by atoms with E-state index in [0.29, 0.717) is 37.0 Å². The van der Waals surface area contributed by atoms with Gasteiger partial charge in [0.25, 0.3) is 11.8 Å². The molecule has 1 saturated heterocycles. The Hall–Kier alpha value is -3.52. The zero-order valence-corrected chi connectivity index (χ0v) is 16.8. The van der Waals surface area contributed by atoms with Crippen molar-refractivity contribution in [2.24, 2.45) is 0 Å². The lowest BCUT2D eigenvalue weighted by atomic mass is 10.0. The quantitative estimate of drug-likeness (QED) is 0.563. The van der Waals surface area contributed by atoms with Gasteiger partial charge in [-0.05, 0) is 43.7 Å². The van der Waals surface area contributed by atoms with Crippen LogP contribution in [0.5, 0.6) is 0 Å². The lowest BCUT2D eigenvalue weighted by Gasteiger charge is -2.31. The van der Waals surface area contributed by atoms with Crippen LogP contribution in [0.1, 0.15) is 33.6 Å². The molecule has 8 nitrogen and oxygen atoms in total. The molecule has 0 bridgehead atoms. The summed E-state index contributed by atoms with van der Waals surface area (Å²) < 4.78 is 11.3. The summed E-state index contributed by atoms with van der Waals surface area (Å²) in [5.74, 6) is 0.818. The number of aromatic nitrogens is 4. The van der Waals surface area contributed by atoms with Gasteiger partial charge in [0.2, 0.25) is 5.82 Å². The number of fused-ring (bicyclic) bond motifs is 1. The molecule has 30 heavy (non-hydrogen) atoms. The van der Waals surface area contributed by atoms with E-state index in [1.165, 1.54) is 0 Å². The largest absolute Gasteiger partial charge is 0.365 e. The Bertz CT molecular complexity index is 1210. The van der Waals surface area contributed by atoms with Gasteiger partial charge < -0.3 is 19.1 Å². The molecule has 152 valence electrons. The van der Waals surface area contributed by atoms with Crippen LogP contribution in [0.2, 0.25) is 0 Å². The number of ether oxygens (including phenoxy) is 1.